The van der Waals surface area contributed by atoms with Crippen molar-refractivity contribution < 1.29 is 13.9 Å². The molecule has 128 valence electrons. The zero-order valence-corrected chi connectivity index (χ0v) is 15.0. The minimum atomic E-state index is -0.215. The fourth-order valence-electron chi connectivity index (χ4n) is 2.33. The second-order valence-corrected chi connectivity index (χ2v) is 6.36. The Balaban J connectivity index is 0.000000219. The molecule has 0 unspecified atom stereocenters. The van der Waals surface area contributed by atoms with Gasteiger partial charge in [-0.1, -0.05) is 42.5 Å². The van der Waals surface area contributed by atoms with Crippen molar-refractivity contribution in [2.45, 2.75) is 25.9 Å². The predicted molar refractivity (Wildman–Crippen MR) is 96.2 cm³/mol. The number of hydrogen-bond acceptors (Lipinski definition) is 2. The number of halogens is 2. The number of ether oxygens (including phenoxy) is 1. The Bertz CT molecular complexity index is 609. The molecule has 0 bridgehead atoms. The topological polar surface area (TPSA) is 29.5 Å². The number of carbonyl (C=O) groups excluding carboxylic acids is 1. The molecule has 0 N–H and O–H groups in total. The number of hydrogen-bond donors (Lipinski definition) is 0. The maximum absolute atomic E-state index is 12.3. The summed E-state index contributed by atoms with van der Waals surface area (Å²) in [6.07, 6.45) is 3.24. The van der Waals surface area contributed by atoms with E-state index in [1.807, 2.05) is 30.3 Å². The summed E-state index contributed by atoms with van der Waals surface area (Å²) >= 11 is 3.02. The molecule has 24 heavy (non-hydrogen) atoms. The fourth-order valence-corrected chi connectivity index (χ4v) is 2.61. The summed E-state index contributed by atoms with van der Waals surface area (Å²) in [6, 6.07) is 16.3. The van der Waals surface area contributed by atoms with Crippen LogP contribution in [0, 0.1) is 5.82 Å². The molecule has 1 amide bonds. The number of carbonyl (C=O) groups is 1. The lowest BCUT2D eigenvalue weighted by molar-refractivity contribution is 0.0894. The van der Waals surface area contributed by atoms with Crippen LogP contribution in [0.1, 0.15) is 24.8 Å². The van der Waals surface area contributed by atoms with E-state index < -0.39 is 0 Å². The normalized spacial score (nSPS) is 13.7. The molecule has 1 saturated heterocycles. The number of benzene rings is 2. The van der Waals surface area contributed by atoms with Gasteiger partial charge in [-0.25, -0.2) is 9.18 Å². The molecule has 5 heteroatoms. The lowest BCUT2D eigenvalue weighted by Gasteiger charge is -2.25. The van der Waals surface area contributed by atoms with Crippen molar-refractivity contribution in [1.29, 1.82) is 0 Å². The van der Waals surface area contributed by atoms with E-state index in [1.54, 1.807) is 23.1 Å². The average Bonchev–Trinajstić information content (AvgIpc) is 2.64. The van der Waals surface area contributed by atoms with Gasteiger partial charge >= 0.3 is 6.09 Å². The van der Waals surface area contributed by atoms with Gasteiger partial charge in [0.15, 0.2) is 0 Å². The van der Waals surface area contributed by atoms with Gasteiger partial charge in [-0.05, 0) is 52.9 Å². The van der Waals surface area contributed by atoms with Gasteiger partial charge in [-0.2, -0.15) is 0 Å². The molecule has 3 rings (SSSR count). The highest BCUT2D eigenvalue weighted by Gasteiger charge is 2.17. The molecule has 0 radical (unpaired) electrons. The molecule has 2 aromatic carbocycles. The fraction of sp³-hybridized carbons (Fsp3) is 0.316. The third kappa shape index (κ3) is 6.32. The van der Waals surface area contributed by atoms with Crippen LogP contribution in [-0.4, -0.2) is 24.1 Å². The largest absolute Gasteiger partial charge is 0.445 e. The Labute approximate surface area is 150 Å². The molecular formula is C19H21BrFNO2. The maximum Gasteiger partial charge on any atom is 0.410 e. The van der Waals surface area contributed by atoms with Crippen molar-refractivity contribution in [3.05, 3.63) is 70.5 Å². The summed E-state index contributed by atoms with van der Waals surface area (Å²) in [7, 11) is 0. The number of likely N-dealkylation sites (tertiary alicyclic amines) is 1. The standard InChI is InChI=1S/C13H17NO2.C6H4BrF/c15-13(14-9-5-2-6-10-14)16-11-12-7-3-1-4-8-12;7-5-3-1-2-4-6(5)8/h1,3-4,7-8H,2,5-6,9-11H2;1-4H. The first-order chi connectivity index (χ1) is 11.7. The van der Waals surface area contributed by atoms with Gasteiger partial charge in [0.25, 0.3) is 0 Å². The van der Waals surface area contributed by atoms with E-state index in [0.29, 0.717) is 11.1 Å². The Morgan fingerprint density at radius 3 is 2.21 bits per heavy atom. The SMILES string of the molecule is Fc1ccccc1Br.O=C(OCc1ccccc1)N1CCCCC1. The molecule has 2 aromatic rings. The molecule has 3 nitrogen and oxygen atoms in total. The highest BCUT2D eigenvalue weighted by molar-refractivity contribution is 9.10. The molecule has 1 heterocycles. The lowest BCUT2D eigenvalue weighted by atomic mass is 10.1. The average molecular weight is 394 g/mol. The van der Waals surface area contributed by atoms with E-state index in [4.69, 9.17) is 4.74 Å². The Morgan fingerprint density at radius 2 is 1.62 bits per heavy atom. The summed E-state index contributed by atoms with van der Waals surface area (Å²) in [5.41, 5.74) is 1.04. The summed E-state index contributed by atoms with van der Waals surface area (Å²) in [5.74, 6) is -0.215. The molecule has 0 atom stereocenters. The van der Waals surface area contributed by atoms with E-state index in [-0.39, 0.29) is 11.9 Å². The van der Waals surface area contributed by atoms with Crippen LogP contribution >= 0.6 is 15.9 Å². The predicted octanol–water partition coefficient (Wildman–Crippen LogP) is 5.40. The van der Waals surface area contributed by atoms with Crippen LogP contribution in [0.15, 0.2) is 59.1 Å². The van der Waals surface area contributed by atoms with Gasteiger partial charge in [-0.3, -0.25) is 0 Å². The van der Waals surface area contributed by atoms with Crippen molar-refractivity contribution in [2.75, 3.05) is 13.1 Å². The lowest BCUT2D eigenvalue weighted by Crippen LogP contribution is -2.35. The minimum Gasteiger partial charge on any atom is -0.445 e. The quantitative estimate of drug-likeness (QED) is 0.683. The van der Waals surface area contributed by atoms with Gasteiger partial charge in [-0.15, -0.1) is 0 Å². The summed E-state index contributed by atoms with van der Waals surface area (Å²) in [5, 5.41) is 0. The first kappa shape index (κ1) is 18.5. The molecule has 1 aliphatic heterocycles. The number of piperidine rings is 1. The van der Waals surface area contributed by atoms with Crippen molar-refractivity contribution >= 4 is 22.0 Å². The number of nitrogens with zero attached hydrogens (tertiary/aromatic N) is 1. The van der Waals surface area contributed by atoms with Crippen LogP contribution in [0.5, 0.6) is 0 Å². The highest BCUT2D eigenvalue weighted by atomic mass is 79.9. The van der Waals surface area contributed by atoms with Gasteiger partial charge in [0.2, 0.25) is 0 Å². The Morgan fingerprint density at radius 1 is 1.00 bits per heavy atom. The zero-order chi connectivity index (χ0) is 17.2. The molecule has 0 aromatic heterocycles. The van der Waals surface area contributed by atoms with Crippen LogP contribution in [0.25, 0.3) is 0 Å². The van der Waals surface area contributed by atoms with Gasteiger partial charge < -0.3 is 9.64 Å². The van der Waals surface area contributed by atoms with Crippen molar-refractivity contribution in [1.82, 2.24) is 4.90 Å². The molecule has 0 aliphatic carbocycles. The van der Waals surface area contributed by atoms with Crippen LogP contribution in [0.4, 0.5) is 9.18 Å². The summed E-state index contributed by atoms with van der Waals surface area (Å²) in [6.45, 7) is 2.05. The number of amides is 1. The van der Waals surface area contributed by atoms with E-state index in [2.05, 4.69) is 15.9 Å². The zero-order valence-electron chi connectivity index (χ0n) is 13.5. The third-order valence-electron chi connectivity index (χ3n) is 3.64. The highest BCUT2D eigenvalue weighted by Crippen LogP contribution is 2.12. The van der Waals surface area contributed by atoms with E-state index >= 15 is 0 Å². The Hall–Kier alpha value is -1.88. The van der Waals surface area contributed by atoms with Crippen LogP contribution < -0.4 is 0 Å². The molecule has 1 aliphatic rings. The van der Waals surface area contributed by atoms with Crippen LogP contribution in [0.2, 0.25) is 0 Å². The summed E-state index contributed by atoms with van der Waals surface area (Å²) < 4.78 is 18.0. The van der Waals surface area contributed by atoms with E-state index in [9.17, 15) is 9.18 Å². The molecule has 0 spiro atoms. The summed E-state index contributed by atoms with van der Waals surface area (Å²) in [4.78, 5) is 13.5. The van der Waals surface area contributed by atoms with E-state index in [0.717, 1.165) is 31.5 Å². The Kier molecular flexibility index (Phi) is 7.75. The monoisotopic (exact) mass is 393 g/mol. The molecule has 1 fully saturated rings. The van der Waals surface area contributed by atoms with Gasteiger partial charge in [0, 0.05) is 13.1 Å². The minimum absolute atomic E-state index is 0.177. The first-order valence-corrected chi connectivity index (χ1v) is 8.82. The van der Waals surface area contributed by atoms with Gasteiger partial charge in [0.05, 0.1) is 4.47 Å². The third-order valence-corrected chi connectivity index (χ3v) is 4.29. The first-order valence-electron chi connectivity index (χ1n) is 8.02. The number of rotatable bonds is 2. The van der Waals surface area contributed by atoms with Gasteiger partial charge in [0.1, 0.15) is 12.4 Å². The van der Waals surface area contributed by atoms with Crippen LogP contribution in [0.3, 0.4) is 0 Å². The van der Waals surface area contributed by atoms with Crippen molar-refractivity contribution in [2.24, 2.45) is 0 Å². The second kappa shape index (κ2) is 10.1. The smallest absolute Gasteiger partial charge is 0.410 e. The van der Waals surface area contributed by atoms with Crippen molar-refractivity contribution in [3.63, 3.8) is 0 Å². The maximum atomic E-state index is 12.3. The van der Waals surface area contributed by atoms with Crippen molar-refractivity contribution in [3.8, 4) is 0 Å². The van der Waals surface area contributed by atoms with Crippen LogP contribution in [-0.2, 0) is 11.3 Å². The second-order valence-electron chi connectivity index (χ2n) is 5.50. The molecule has 0 saturated carbocycles. The molecular weight excluding hydrogens is 373 g/mol. The van der Waals surface area contributed by atoms with E-state index in [1.165, 1.54) is 12.5 Å².